The molecule has 6 heteroatoms. The quantitative estimate of drug-likeness (QED) is 0.863. The molecule has 0 N–H and O–H groups in total. The molecule has 0 saturated carbocycles. The summed E-state index contributed by atoms with van der Waals surface area (Å²) in [5.41, 5.74) is 3.50. The van der Waals surface area contributed by atoms with Crippen molar-refractivity contribution in [1.82, 2.24) is 20.0 Å². The molecular weight excluding hydrogens is 304 g/mol. The van der Waals surface area contributed by atoms with E-state index in [1.807, 2.05) is 38.8 Å². The molecule has 1 fully saturated rings. The van der Waals surface area contributed by atoms with Crippen LogP contribution < -0.4 is 0 Å². The van der Waals surface area contributed by atoms with Gasteiger partial charge in [0.25, 0.3) is 0 Å². The first-order valence-corrected chi connectivity index (χ1v) is 8.48. The number of aromatic nitrogens is 3. The smallest absolute Gasteiger partial charge is 0.225 e. The van der Waals surface area contributed by atoms with Crippen molar-refractivity contribution in [1.29, 1.82) is 0 Å². The first-order chi connectivity index (χ1) is 11.5. The van der Waals surface area contributed by atoms with E-state index in [9.17, 15) is 4.79 Å². The van der Waals surface area contributed by atoms with Gasteiger partial charge in [0.15, 0.2) is 0 Å². The van der Waals surface area contributed by atoms with E-state index in [0.29, 0.717) is 5.92 Å². The van der Waals surface area contributed by atoms with E-state index < -0.39 is 0 Å². The molecule has 0 aromatic carbocycles. The Balaban J connectivity index is 1.64. The van der Waals surface area contributed by atoms with Crippen LogP contribution in [0, 0.1) is 25.7 Å². The molecule has 0 radical (unpaired) electrons. The first kappa shape index (κ1) is 16.6. The van der Waals surface area contributed by atoms with Crippen LogP contribution in [0.3, 0.4) is 0 Å². The molecule has 0 spiro atoms. The van der Waals surface area contributed by atoms with E-state index in [-0.39, 0.29) is 11.8 Å². The minimum Gasteiger partial charge on any atom is -0.361 e. The molecular formula is C18H24N4O2. The van der Waals surface area contributed by atoms with Crippen LogP contribution in [0.1, 0.15) is 37.4 Å². The summed E-state index contributed by atoms with van der Waals surface area (Å²) in [5.74, 6) is 1.54. The average molecular weight is 328 g/mol. The van der Waals surface area contributed by atoms with Crippen LogP contribution in [-0.2, 0) is 11.2 Å². The van der Waals surface area contributed by atoms with Crippen molar-refractivity contribution in [2.24, 2.45) is 11.8 Å². The zero-order valence-corrected chi connectivity index (χ0v) is 14.7. The largest absolute Gasteiger partial charge is 0.361 e. The zero-order chi connectivity index (χ0) is 17.3. The Hall–Kier alpha value is -2.24. The second-order valence-corrected chi connectivity index (χ2v) is 6.89. The molecule has 3 rings (SSSR count). The summed E-state index contributed by atoms with van der Waals surface area (Å²) in [4.78, 5) is 23.1. The van der Waals surface area contributed by atoms with E-state index in [1.54, 1.807) is 6.20 Å². The molecule has 0 bridgehead atoms. The molecule has 2 aromatic heterocycles. The number of hydrogen-bond donors (Lipinski definition) is 0. The molecule has 2 aromatic rings. The van der Waals surface area contributed by atoms with Crippen molar-refractivity contribution in [3.63, 3.8) is 0 Å². The van der Waals surface area contributed by atoms with Gasteiger partial charge in [0.2, 0.25) is 5.91 Å². The molecule has 128 valence electrons. The van der Waals surface area contributed by atoms with Crippen LogP contribution in [0.15, 0.2) is 16.9 Å². The lowest BCUT2D eigenvalue weighted by atomic mass is 10.0. The van der Waals surface area contributed by atoms with Crippen LogP contribution >= 0.6 is 0 Å². The monoisotopic (exact) mass is 328 g/mol. The maximum absolute atomic E-state index is 12.1. The Morgan fingerprint density at radius 2 is 2.12 bits per heavy atom. The van der Waals surface area contributed by atoms with Gasteiger partial charge in [-0.15, -0.1) is 0 Å². The van der Waals surface area contributed by atoms with Gasteiger partial charge in [0.05, 0.1) is 28.8 Å². The van der Waals surface area contributed by atoms with Crippen molar-refractivity contribution in [3.8, 4) is 11.3 Å². The van der Waals surface area contributed by atoms with Gasteiger partial charge in [-0.3, -0.25) is 14.8 Å². The normalized spacial score (nSPS) is 17.7. The second-order valence-electron chi connectivity index (χ2n) is 6.89. The lowest BCUT2D eigenvalue weighted by Gasteiger charge is -2.18. The van der Waals surface area contributed by atoms with Gasteiger partial charge in [0.1, 0.15) is 5.76 Å². The van der Waals surface area contributed by atoms with Crippen LogP contribution in [0.2, 0.25) is 0 Å². The Morgan fingerprint density at radius 3 is 2.71 bits per heavy atom. The van der Waals surface area contributed by atoms with Crippen LogP contribution in [0.5, 0.6) is 0 Å². The highest BCUT2D eigenvalue weighted by Gasteiger charge is 2.27. The molecule has 1 aliphatic rings. The molecule has 1 saturated heterocycles. The average Bonchev–Trinajstić information content (AvgIpc) is 3.15. The lowest BCUT2D eigenvalue weighted by molar-refractivity contribution is -0.133. The van der Waals surface area contributed by atoms with Crippen LogP contribution in [0.25, 0.3) is 11.3 Å². The van der Waals surface area contributed by atoms with Crippen LogP contribution in [0.4, 0.5) is 0 Å². The van der Waals surface area contributed by atoms with E-state index in [2.05, 4.69) is 15.1 Å². The Bertz CT molecular complexity index is 702. The summed E-state index contributed by atoms with van der Waals surface area (Å²) in [7, 11) is 0. The third kappa shape index (κ3) is 3.32. The van der Waals surface area contributed by atoms with Gasteiger partial charge in [-0.2, -0.15) is 0 Å². The number of hydrogen-bond acceptors (Lipinski definition) is 5. The Labute approximate surface area is 142 Å². The fourth-order valence-corrected chi connectivity index (χ4v) is 3.30. The number of likely N-dealkylation sites (tertiary alicyclic amines) is 1. The maximum Gasteiger partial charge on any atom is 0.225 e. The van der Waals surface area contributed by atoms with Gasteiger partial charge in [-0.05, 0) is 32.6 Å². The summed E-state index contributed by atoms with van der Waals surface area (Å²) >= 11 is 0. The standard InChI is InChI=1S/C18H24N4O2/c1-11(2)18(23)22-6-5-14(10-22)7-15-8-20-16(9-19-15)17-12(3)21-24-13(17)4/h8-9,11,14H,5-7,10H2,1-4H3. The fourth-order valence-electron chi connectivity index (χ4n) is 3.30. The molecule has 1 aliphatic heterocycles. The third-order valence-electron chi connectivity index (χ3n) is 4.58. The Kier molecular flexibility index (Phi) is 4.64. The number of nitrogens with zero attached hydrogens (tertiary/aromatic N) is 4. The molecule has 0 aliphatic carbocycles. The number of carbonyl (C=O) groups is 1. The number of aryl methyl sites for hydroxylation is 2. The maximum atomic E-state index is 12.1. The lowest BCUT2D eigenvalue weighted by Crippen LogP contribution is -2.32. The summed E-state index contributed by atoms with van der Waals surface area (Å²) in [6.07, 6.45) is 5.50. The summed E-state index contributed by atoms with van der Waals surface area (Å²) in [6.45, 7) is 9.36. The van der Waals surface area contributed by atoms with Gasteiger partial charge in [-0.25, -0.2) is 0 Å². The predicted octanol–water partition coefficient (Wildman–Crippen LogP) is 2.80. The minimum absolute atomic E-state index is 0.0675. The molecule has 24 heavy (non-hydrogen) atoms. The number of rotatable bonds is 4. The van der Waals surface area contributed by atoms with Crippen molar-refractivity contribution < 1.29 is 9.32 Å². The van der Waals surface area contributed by atoms with Crippen LogP contribution in [-0.4, -0.2) is 39.0 Å². The first-order valence-electron chi connectivity index (χ1n) is 8.48. The van der Waals surface area contributed by atoms with Gasteiger partial charge in [-0.1, -0.05) is 19.0 Å². The fraction of sp³-hybridized carbons (Fsp3) is 0.556. The predicted molar refractivity (Wildman–Crippen MR) is 90.2 cm³/mol. The summed E-state index contributed by atoms with van der Waals surface area (Å²) in [6, 6.07) is 0. The highest BCUT2D eigenvalue weighted by molar-refractivity contribution is 5.78. The van der Waals surface area contributed by atoms with Crippen molar-refractivity contribution in [2.45, 2.75) is 40.5 Å². The van der Waals surface area contributed by atoms with E-state index in [1.165, 1.54) is 0 Å². The molecule has 3 heterocycles. The Morgan fingerprint density at radius 1 is 1.33 bits per heavy atom. The summed E-state index contributed by atoms with van der Waals surface area (Å²) < 4.78 is 5.19. The molecule has 1 unspecified atom stereocenters. The van der Waals surface area contributed by atoms with Crippen molar-refractivity contribution >= 4 is 5.91 Å². The summed E-state index contributed by atoms with van der Waals surface area (Å²) in [5, 5.41) is 3.96. The van der Waals surface area contributed by atoms with Gasteiger partial charge < -0.3 is 9.42 Å². The van der Waals surface area contributed by atoms with Crippen molar-refractivity contribution in [2.75, 3.05) is 13.1 Å². The molecule has 1 amide bonds. The third-order valence-corrected chi connectivity index (χ3v) is 4.58. The van der Waals surface area contributed by atoms with E-state index in [0.717, 1.165) is 54.3 Å². The van der Waals surface area contributed by atoms with Gasteiger partial charge in [0, 0.05) is 25.2 Å². The second kappa shape index (κ2) is 6.71. The highest BCUT2D eigenvalue weighted by Crippen LogP contribution is 2.25. The minimum atomic E-state index is 0.0675. The molecule has 6 nitrogen and oxygen atoms in total. The zero-order valence-electron chi connectivity index (χ0n) is 14.7. The number of amides is 1. The SMILES string of the molecule is Cc1noc(C)c1-c1cnc(CC2CCN(C(=O)C(C)C)C2)cn1. The number of carbonyl (C=O) groups excluding carboxylic acids is 1. The topological polar surface area (TPSA) is 72.1 Å². The highest BCUT2D eigenvalue weighted by atomic mass is 16.5. The van der Waals surface area contributed by atoms with Gasteiger partial charge >= 0.3 is 0 Å². The molecule has 1 atom stereocenters. The van der Waals surface area contributed by atoms with E-state index in [4.69, 9.17) is 4.52 Å². The van der Waals surface area contributed by atoms with Crippen molar-refractivity contribution in [3.05, 3.63) is 29.5 Å². The van der Waals surface area contributed by atoms with E-state index >= 15 is 0 Å².